The van der Waals surface area contributed by atoms with Gasteiger partial charge in [-0.3, -0.25) is 9.59 Å². The molecule has 6 heteroatoms. The predicted molar refractivity (Wildman–Crippen MR) is 132 cm³/mol. The van der Waals surface area contributed by atoms with Crippen LogP contribution in [0, 0.1) is 28.6 Å². The number of carbonyl (C=O) groups excluding carboxylic acids is 3. The molecular weight excluding hydrogens is 426 g/mol. The highest BCUT2D eigenvalue weighted by Gasteiger charge is 2.60. The molecule has 0 spiro atoms. The van der Waals surface area contributed by atoms with Crippen LogP contribution in [-0.4, -0.2) is 41.8 Å². The fraction of sp³-hybridized carbons (Fsp3) is 0.607. The molecule has 1 aromatic rings. The van der Waals surface area contributed by atoms with E-state index in [9.17, 15) is 14.4 Å². The first-order valence-corrected chi connectivity index (χ1v) is 12.8. The van der Waals surface area contributed by atoms with Crippen molar-refractivity contribution in [2.24, 2.45) is 28.6 Å². The predicted octanol–water partition coefficient (Wildman–Crippen LogP) is 5.02. The number of carbonyl (C=O) groups is 3. The van der Waals surface area contributed by atoms with Crippen LogP contribution in [0.4, 0.5) is 10.5 Å². The number of ketones is 1. The average Bonchev–Trinajstić information content (AvgIpc) is 3.13. The molecule has 7 atom stereocenters. The molecule has 6 nitrogen and oxygen atoms in total. The van der Waals surface area contributed by atoms with Gasteiger partial charge in [-0.2, -0.15) is 0 Å². The Morgan fingerprint density at radius 2 is 1.85 bits per heavy atom. The second-order valence-electron chi connectivity index (χ2n) is 11.5. The van der Waals surface area contributed by atoms with Crippen molar-refractivity contribution in [3.63, 3.8) is 0 Å². The zero-order valence-electron chi connectivity index (χ0n) is 20.8. The number of amides is 3. The summed E-state index contributed by atoms with van der Waals surface area (Å²) in [5, 5.41) is 6.22. The van der Waals surface area contributed by atoms with Crippen LogP contribution in [0.2, 0.25) is 0 Å². The summed E-state index contributed by atoms with van der Waals surface area (Å²) in [6.45, 7) is 6.27. The number of nitrogens with one attached hydrogen (secondary N) is 2. The zero-order chi connectivity index (χ0) is 24.3. The van der Waals surface area contributed by atoms with Gasteiger partial charge < -0.3 is 15.5 Å². The Morgan fingerprint density at radius 1 is 1.06 bits per heavy atom. The molecule has 3 unspecified atom stereocenters. The first-order chi connectivity index (χ1) is 16.1. The molecule has 1 aromatic carbocycles. The number of hydrogen-bond donors (Lipinski definition) is 2. The molecule has 3 saturated carbocycles. The van der Waals surface area contributed by atoms with Gasteiger partial charge in [-0.05, 0) is 86.8 Å². The summed E-state index contributed by atoms with van der Waals surface area (Å²) in [7, 11) is 1.96. The smallest absolute Gasteiger partial charge is 0.319 e. The van der Waals surface area contributed by atoms with Crippen molar-refractivity contribution < 1.29 is 14.4 Å². The maximum absolute atomic E-state index is 12.9. The lowest BCUT2D eigenvalue weighted by Crippen LogP contribution is -2.60. The average molecular weight is 464 g/mol. The number of hydrogen-bond acceptors (Lipinski definition) is 3. The summed E-state index contributed by atoms with van der Waals surface area (Å²) in [5.74, 6) is 1.92. The van der Waals surface area contributed by atoms with Crippen molar-refractivity contribution in [3.05, 3.63) is 42.0 Å². The standard InChI is InChI=1S/C28H37N3O3/c1-17(32)18-6-5-7-19(16-18)29-26(34)30-23-10-9-21-20-8-11-24-28(3,15-13-25(33)31(24)4)22(20)12-14-27(21,23)2/h5-7,13,15-16,20-24H,8-12,14H2,1-4H3,(H2,29,30,34)/t20?,21?,22?,23-,24+,27-,28+/m0/s1. The quantitative estimate of drug-likeness (QED) is 0.618. The van der Waals surface area contributed by atoms with Gasteiger partial charge in [0.05, 0.1) is 0 Å². The molecule has 0 bridgehead atoms. The highest BCUT2D eigenvalue weighted by Crippen LogP contribution is 2.63. The van der Waals surface area contributed by atoms with Crippen molar-refractivity contribution in [1.82, 2.24) is 10.2 Å². The molecule has 182 valence electrons. The second kappa shape index (κ2) is 8.24. The summed E-state index contributed by atoms with van der Waals surface area (Å²) in [4.78, 5) is 38.8. The number of anilines is 1. The Kier molecular flexibility index (Phi) is 5.61. The van der Waals surface area contributed by atoms with Crippen molar-refractivity contribution >= 4 is 23.4 Å². The molecule has 0 aromatic heterocycles. The van der Waals surface area contributed by atoms with Gasteiger partial charge >= 0.3 is 6.03 Å². The minimum atomic E-state index is -0.194. The van der Waals surface area contributed by atoms with Gasteiger partial charge in [0.15, 0.2) is 5.78 Å². The Labute approximate surface area is 202 Å². The molecule has 2 N–H and O–H groups in total. The van der Waals surface area contributed by atoms with E-state index < -0.39 is 0 Å². The molecule has 0 radical (unpaired) electrons. The highest BCUT2D eigenvalue weighted by atomic mass is 16.2. The first-order valence-electron chi connectivity index (χ1n) is 12.8. The maximum atomic E-state index is 12.9. The molecule has 4 aliphatic rings. The van der Waals surface area contributed by atoms with Crippen LogP contribution in [0.3, 0.4) is 0 Å². The third-order valence-corrected chi connectivity index (χ3v) is 9.96. The fourth-order valence-corrected chi connectivity index (χ4v) is 8.12. The van der Waals surface area contributed by atoms with Crippen LogP contribution in [0.25, 0.3) is 0 Å². The molecule has 3 fully saturated rings. The molecule has 3 aliphatic carbocycles. The van der Waals surface area contributed by atoms with Gasteiger partial charge in [0, 0.05) is 35.8 Å². The number of Topliss-reactive ketones (excluding diaryl/α,β-unsaturated/α-hetero) is 1. The SMILES string of the molecule is CC(=O)c1cccc(NC(=O)N[C@H]2CCC3C4CC[C@H]5N(C)C(=O)C=C[C@]5(C)C4CC[C@@]32C)c1. The number of benzene rings is 1. The summed E-state index contributed by atoms with van der Waals surface area (Å²) in [6.07, 6.45) is 10.6. The zero-order valence-corrected chi connectivity index (χ0v) is 20.8. The van der Waals surface area contributed by atoms with Gasteiger partial charge in [0.2, 0.25) is 5.91 Å². The Bertz CT molecular complexity index is 1050. The lowest BCUT2D eigenvalue weighted by Gasteiger charge is -2.60. The summed E-state index contributed by atoms with van der Waals surface area (Å²) >= 11 is 0. The summed E-state index contributed by atoms with van der Waals surface area (Å²) in [6, 6.07) is 7.34. The van der Waals surface area contributed by atoms with Crippen molar-refractivity contribution in [2.75, 3.05) is 12.4 Å². The Hall–Kier alpha value is -2.63. The minimum absolute atomic E-state index is 0.0150. The first kappa shape index (κ1) is 23.1. The number of urea groups is 1. The van der Waals surface area contributed by atoms with E-state index in [4.69, 9.17) is 0 Å². The number of likely N-dealkylation sites (N-methyl/N-ethyl adjacent to an activating group) is 1. The summed E-state index contributed by atoms with van der Waals surface area (Å²) < 4.78 is 0. The van der Waals surface area contributed by atoms with Gasteiger partial charge in [0.1, 0.15) is 0 Å². The lowest BCUT2D eigenvalue weighted by molar-refractivity contribution is -0.138. The van der Waals surface area contributed by atoms with Crippen LogP contribution < -0.4 is 10.6 Å². The number of nitrogens with zero attached hydrogens (tertiary/aromatic N) is 1. The lowest BCUT2D eigenvalue weighted by atomic mass is 9.48. The topological polar surface area (TPSA) is 78.5 Å². The number of fused-ring (bicyclic) bond motifs is 5. The van der Waals surface area contributed by atoms with E-state index in [0.29, 0.717) is 35.0 Å². The molecule has 34 heavy (non-hydrogen) atoms. The minimum Gasteiger partial charge on any atom is -0.338 e. The van der Waals surface area contributed by atoms with Crippen molar-refractivity contribution in [2.45, 2.75) is 71.4 Å². The van der Waals surface area contributed by atoms with E-state index in [-0.39, 0.29) is 34.6 Å². The van der Waals surface area contributed by atoms with Crippen molar-refractivity contribution in [1.29, 1.82) is 0 Å². The second-order valence-corrected chi connectivity index (χ2v) is 11.5. The van der Waals surface area contributed by atoms with E-state index >= 15 is 0 Å². The third-order valence-electron chi connectivity index (χ3n) is 9.96. The van der Waals surface area contributed by atoms with Gasteiger partial charge in [0.25, 0.3) is 0 Å². The normalized spacial score (nSPS) is 38.5. The molecule has 3 amide bonds. The summed E-state index contributed by atoms with van der Waals surface area (Å²) in [5.41, 5.74) is 1.36. The van der Waals surface area contributed by atoms with Crippen molar-refractivity contribution in [3.8, 4) is 0 Å². The fourth-order valence-electron chi connectivity index (χ4n) is 8.12. The monoisotopic (exact) mass is 463 g/mol. The van der Waals surface area contributed by atoms with Crippen LogP contribution in [0.5, 0.6) is 0 Å². The van der Waals surface area contributed by atoms with E-state index in [1.165, 1.54) is 6.92 Å². The molecule has 1 heterocycles. The largest absolute Gasteiger partial charge is 0.338 e. The van der Waals surface area contributed by atoms with Crippen LogP contribution >= 0.6 is 0 Å². The molecule has 1 aliphatic heterocycles. The highest BCUT2D eigenvalue weighted by molar-refractivity contribution is 5.96. The van der Waals surface area contributed by atoms with Gasteiger partial charge in [-0.1, -0.05) is 32.1 Å². The van der Waals surface area contributed by atoms with Crippen LogP contribution in [0.1, 0.15) is 69.7 Å². The van der Waals surface area contributed by atoms with E-state index in [1.807, 2.05) is 18.0 Å². The molecule has 5 rings (SSSR count). The van der Waals surface area contributed by atoms with Crippen LogP contribution in [-0.2, 0) is 4.79 Å². The Morgan fingerprint density at radius 3 is 2.62 bits per heavy atom. The molecule has 0 saturated heterocycles. The third kappa shape index (κ3) is 3.57. The van der Waals surface area contributed by atoms with E-state index in [2.05, 4.69) is 30.6 Å². The van der Waals surface area contributed by atoms with Crippen LogP contribution in [0.15, 0.2) is 36.4 Å². The number of rotatable bonds is 3. The molecular formula is C28H37N3O3. The Balaban J connectivity index is 1.30. The maximum Gasteiger partial charge on any atom is 0.319 e. The van der Waals surface area contributed by atoms with Gasteiger partial charge in [-0.15, -0.1) is 0 Å². The van der Waals surface area contributed by atoms with E-state index in [0.717, 1.165) is 38.5 Å². The van der Waals surface area contributed by atoms with Gasteiger partial charge in [-0.25, -0.2) is 4.79 Å². The van der Waals surface area contributed by atoms with E-state index in [1.54, 1.807) is 24.3 Å².